The summed E-state index contributed by atoms with van der Waals surface area (Å²) in [5, 5.41) is 2.70. The van der Waals surface area contributed by atoms with Gasteiger partial charge in [0.25, 0.3) is 11.8 Å². The molecule has 2 aromatic rings. The molecule has 0 aromatic heterocycles. The first kappa shape index (κ1) is 21.0. The summed E-state index contributed by atoms with van der Waals surface area (Å²) in [6.07, 6.45) is 0.373. The Morgan fingerprint density at radius 3 is 2.18 bits per heavy atom. The molecular formula is C21H25N3O4. The Kier molecular flexibility index (Phi) is 7.56. The fraction of sp³-hybridized carbons (Fsp3) is 0.286. The van der Waals surface area contributed by atoms with E-state index in [-0.39, 0.29) is 5.91 Å². The van der Waals surface area contributed by atoms with Gasteiger partial charge in [0, 0.05) is 23.2 Å². The highest BCUT2D eigenvalue weighted by Crippen LogP contribution is 2.14. The average molecular weight is 383 g/mol. The van der Waals surface area contributed by atoms with Crippen LogP contribution in [0.25, 0.3) is 0 Å². The molecule has 2 rings (SSSR count). The maximum atomic E-state index is 12.3. The highest BCUT2D eigenvalue weighted by Gasteiger charge is 2.10. The maximum Gasteiger partial charge on any atom is 0.269 e. The van der Waals surface area contributed by atoms with Gasteiger partial charge in [-0.25, -0.2) is 0 Å². The zero-order chi connectivity index (χ0) is 20.5. The lowest BCUT2D eigenvalue weighted by atomic mass is 10.2. The summed E-state index contributed by atoms with van der Waals surface area (Å²) in [6.45, 7) is 6.38. The molecule has 0 saturated heterocycles. The van der Waals surface area contributed by atoms with Gasteiger partial charge in [0.2, 0.25) is 5.91 Å². The molecule has 7 heteroatoms. The molecule has 0 bridgehead atoms. The third kappa shape index (κ3) is 6.42. The second-order valence-electron chi connectivity index (χ2n) is 6.62. The third-order valence-corrected chi connectivity index (χ3v) is 3.72. The smallest absolute Gasteiger partial charge is 0.269 e. The molecule has 3 amide bonds. The van der Waals surface area contributed by atoms with E-state index in [1.165, 1.54) is 0 Å². The van der Waals surface area contributed by atoms with Gasteiger partial charge in [-0.3, -0.25) is 25.2 Å². The molecule has 148 valence electrons. The number of nitrogens with one attached hydrogen (secondary N) is 3. The zero-order valence-electron chi connectivity index (χ0n) is 16.2. The maximum absolute atomic E-state index is 12.3. The van der Waals surface area contributed by atoms with Gasteiger partial charge in [-0.05, 0) is 48.4 Å². The van der Waals surface area contributed by atoms with Crippen LogP contribution in [0.1, 0.15) is 47.9 Å². The number of hydrogen-bond donors (Lipinski definition) is 3. The molecular weight excluding hydrogens is 358 g/mol. The molecule has 0 unspecified atom stereocenters. The van der Waals surface area contributed by atoms with Crippen LogP contribution < -0.4 is 20.9 Å². The average Bonchev–Trinajstić information content (AvgIpc) is 2.70. The van der Waals surface area contributed by atoms with Gasteiger partial charge >= 0.3 is 0 Å². The summed E-state index contributed by atoms with van der Waals surface area (Å²) in [5.74, 6) is -0.0518. The summed E-state index contributed by atoms with van der Waals surface area (Å²) >= 11 is 0. The summed E-state index contributed by atoms with van der Waals surface area (Å²) in [7, 11) is 0. The monoisotopic (exact) mass is 383 g/mol. The fourth-order valence-electron chi connectivity index (χ4n) is 2.20. The number of benzene rings is 2. The van der Waals surface area contributed by atoms with Crippen molar-refractivity contribution in [2.75, 3.05) is 11.9 Å². The van der Waals surface area contributed by atoms with Gasteiger partial charge in [0.1, 0.15) is 5.75 Å². The van der Waals surface area contributed by atoms with Gasteiger partial charge in [-0.15, -0.1) is 0 Å². The van der Waals surface area contributed by atoms with Crippen molar-refractivity contribution in [3.63, 3.8) is 0 Å². The fourth-order valence-corrected chi connectivity index (χ4v) is 2.20. The number of ether oxygens (including phenoxy) is 1. The first-order chi connectivity index (χ1) is 13.4. The Labute approximate surface area is 164 Å². The molecule has 28 heavy (non-hydrogen) atoms. The van der Waals surface area contributed by atoms with Crippen LogP contribution in [0.15, 0.2) is 48.5 Å². The summed E-state index contributed by atoms with van der Waals surface area (Å²) in [4.78, 5) is 35.8. The van der Waals surface area contributed by atoms with E-state index in [0.29, 0.717) is 41.5 Å². The van der Waals surface area contributed by atoms with Crippen LogP contribution in [0.4, 0.5) is 5.69 Å². The Hall–Kier alpha value is -3.35. The number of hydrogen-bond acceptors (Lipinski definition) is 4. The second kappa shape index (κ2) is 10.1. The van der Waals surface area contributed by atoms with Gasteiger partial charge in [0.05, 0.1) is 6.61 Å². The van der Waals surface area contributed by atoms with Gasteiger partial charge in [-0.1, -0.05) is 26.8 Å². The van der Waals surface area contributed by atoms with Crippen LogP contribution in [-0.4, -0.2) is 24.3 Å². The molecule has 3 N–H and O–H groups in total. The highest BCUT2D eigenvalue weighted by molar-refractivity contribution is 5.99. The molecule has 0 aliphatic carbocycles. The number of anilines is 1. The van der Waals surface area contributed by atoms with Crippen molar-refractivity contribution in [1.29, 1.82) is 0 Å². The van der Waals surface area contributed by atoms with Gasteiger partial charge in [0.15, 0.2) is 0 Å². The van der Waals surface area contributed by atoms with Crippen molar-refractivity contribution in [3.8, 4) is 5.75 Å². The quantitative estimate of drug-likeness (QED) is 0.640. The van der Waals surface area contributed by atoms with Crippen LogP contribution in [-0.2, 0) is 4.79 Å². The zero-order valence-corrected chi connectivity index (χ0v) is 16.2. The molecule has 0 fully saturated rings. The van der Waals surface area contributed by atoms with Crippen molar-refractivity contribution in [1.82, 2.24) is 10.9 Å². The Morgan fingerprint density at radius 2 is 1.57 bits per heavy atom. The molecule has 0 aliphatic heterocycles. The first-order valence-corrected chi connectivity index (χ1v) is 9.12. The second-order valence-corrected chi connectivity index (χ2v) is 6.62. The number of hydrazine groups is 1. The highest BCUT2D eigenvalue weighted by atomic mass is 16.5. The molecule has 0 aliphatic rings. The van der Waals surface area contributed by atoms with Crippen LogP contribution >= 0.6 is 0 Å². The summed E-state index contributed by atoms with van der Waals surface area (Å²) in [6, 6.07) is 13.1. The Bertz CT molecular complexity index is 832. The molecule has 0 saturated carbocycles. The Morgan fingerprint density at radius 1 is 0.929 bits per heavy atom. The topological polar surface area (TPSA) is 96.5 Å². The van der Waals surface area contributed by atoms with Crippen molar-refractivity contribution in [2.45, 2.75) is 27.2 Å². The molecule has 0 atom stereocenters. The van der Waals surface area contributed by atoms with Crippen molar-refractivity contribution < 1.29 is 19.1 Å². The normalized spacial score (nSPS) is 10.3. The van der Waals surface area contributed by atoms with Gasteiger partial charge < -0.3 is 10.1 Å². The molecule has 0 spiro atoms. The predicted molar refractivity (Wildman–Crippen MR) is 107 cm³/mol. The van der Waals surface area contributed by atoms with Crippen LogP contribution in [0.3, 0.4) is 0 Å². The lowest BCUT2D eigenvalue weighted by Gasteiger charge is -2.11. The SMILES string of the molecule is CCC(=O)Nc1ccc(C(=O)NNC(=O)c2cccc(OCC(C)C)c2)cc1. The Balaban J connectivity index is 1.90. The van der Waals surface area contributed by atoms with E-state index in [2.05, 4.69) is 16.2 Å². The van der Waals surface area contributed by atoms with E-state index >= 15 is 0 Å². The van der Waals surface area contributed by atoms with E-state index in [4.69, 9.17) is 4.74 Å². The summed E-state index contributed by atoms with van der Waals surface area (Å²) in [5.41, 5.74) is 6.08. The van der Waals surface area contributed by atoms with Gasteiger partial charge in [-0.2, -0.15) is 0 Å². The van der Waals surface area contributed by atoms with Crippen LogP contribution in [0, 0.1) is 5.92 Å². The minimum Gasteiger partial charge on any atom is -0.493 e. The van der Waals surface area contributed by atoms with E-state index in [1.807, 2.05) is 13.8 Å². The number of carbonyl (C=O) groups excluding carboxylic acids is 3. The molecule has 0 radical (unpaired) electrons. The number of rotatable bonds is 7. The van der Waals surface area contributed by atoms with E-state index in [0.717, 1.165) is 0 Å². The standard InChI is InChI=1S/C21H25N3O4/c1-4-19(25)22-17-10-8-15(9-11-17)20(26)23-24-21(27)16-6-5-7-18(12-16)28-13-14(2)3/h5-12,14H,4,13H2,1-3H3,(H,22,25)(H,23,26)(H,24,27). The minimum atomic E-state index is -0.464. The third-order valence-electron chi connectivity index (χ3n) is 3.72. The van der Waals surface area contributed by atoms with Crippen LogP contribution in [0.2, 0.25) is 0 Å². The van der Waals surface area contributed by atoms with Crippen molar-refractivity contribution >= 4 is 23.4 Å². The predicted octanol–water partition coefficient (Wildman–Crippen LogP) is 3.14. The largest absolute Gasteiger partial charge is 0.493 e. The van der Waals surface area contributed by atoms with Crippen molar-refractivity contribution in [3.05, 3.63) is 59.7 Å². The molecule has 7 nitrogen and oxygen atoms in total. The number of amides is 3. The van der Waals surface area contributed by atoms with E-state index in [9.17, 15) is 14.4 Å². The lowest BCUT2D eigenvalue weighted by molar-refractivity contribution is -0.115. The van der Waals surface area contributed by atoms with E-state index in [1.54, 1.807) is 55.5 Å². The molecule has 0 heterocycles. The van der Waals surface area contributed by atoms with Crippen molar-refractivity contribution in [2.24, 2.45) is 5.92 Å². The van der Waals surface area contributed by atoms with Crippen LogP contribution in [0.5, 0.6) is 5.75 Å². The summed E-state index contributed by atoms with van der Waals surface area (Å²) < 4.78 is 5.60. The first-order valence-electron chi connectivity index (χ1n) is 9.12. The minimum absolute atomic E-state index is 0.107. The molecule has 2 aromatic carbocycles. The van der Waals surface area contributed by atoms with E-state index < -0.39 is 11.8 Å². The lowest BCUT2D eigenvalue weighted by Crippen LogP contribution is -2.41. The number of carbonyl (C=O) groups is 3.